The molecular formula is C15H21N3O3. The molecule has 2 aromatic rings. The van der Waals surface area contributed by atoms with Gasteiger partial charge in [-0.25, -0.2) is 4.98 Å². The summed E-state index contributed by atoms with van der Waals surface area (Å²) in [5, 5.41) is 9.12. The molecule has 1 amide bonds. The lowest BCUT2D eigenvalue weighted by Crippen LogP contribution is -2.40. The van der Waals surface area contributed by atoms with E-state index >= 15 is 0 Å². The van der Waals surface area contributed by atoms with Crippen LogP contribution in [0.1, 0.15) is 13.0 Å². The third kappa shape index (κ3) is 3.40. The molecule has 0 spiro atoms. The minimum atomic E-state index is -0.374. The Morgan fingerprint density at radius 2 is 2.19 bits per heavy atom. The Hall–Kier alpha value is -1.92. The van der Waals surface area contributed by atoms with E-state index in [1.165, 1.54) is 0 Å². The highest BCUT2D eigenvalue weighted by atomic mass is 16.5. The van der Waals surface area contributed by atoms with Gasteiger partial charge in [0.2, 0.25) is 5.91 Å². The average molecular weight is 291 g/mol. The van der Waals surface area contributed by atoms with E-state index in [-0.39, 0.29) is 18.6 Å². The fourth-order valence-corrected chi connectivity index (χ4v) is 2.32. The fourth-order valence-electron chi connectivity index (χ4n) is 2.32. The van der Waals surface area contributed by atoms with E-state index in [1.807, 2.05) is 35.8 Å². The molecule has 0 bridgehead atoms. The molecule has 0 radical (unpaired) electrons. The van der Waals surface area contributed by atoms with Crippen molar-refractivity contribution in [2.24, 2.45) is 0 Å². The summed E-state index contributed by atoms with van der Waals surface area (Å²) in [6.45, 7) is 3.00. The number of nitrogens with zero attached hydrogens (tertiary/aromatic N) is 3. The standard InChI is InChI=1S/C15H21N3O3/c1-12(15(20)17(7-9-19)8-10-21-2)18-11-16-13-5-3-4-6-14(13)18/h3-6,11-12,19H,7-10H2,1-2H3. The summed E-state index contributed by atoms with van der Waals surface area (Å²) >= 11 is 0. The maximum Gasteiger partial charge on any atom is 0.245 e. The summed E-state index contributed by atoms with van der Waals surface area (Å²) in [6.07, 6.45) is 1.68. The second kappa shape index (κ2) is 7.19. The number of aliphatic hydroxyl groups is 1. The van der Waals surface area contributed by atoms with Crippen LogP contribution < -0.4 is 0 Å². The van der Waals surface area contributed by atoms with Crippen molar-refractivity contribution in [2.45, 2.75) is 13.0 Å². The molecule has 21 heavy (non-hydrogen) atoms. The number of rotatable bonds is 7. The SMILES string of the molecule is COCCN(CCO)C(=O)C(C)n1cnc2ccccc21. The second-order valence-electron chi connectivity index (χ2n) is 4.86. The molecule has 0 aliphatic heterocycles. The molecule has 1 aromatic carbocycles. The van der Waals surface area contributed by atoms with Gasteiger partial charge in [-0.05, 0) is 19.1 Å². The van der Waals surface area contributed by atoms with Gasteiger partial charge < -0.3 is 19.3 Å². The van der Waals surface area contributed by atoms with Crippen molar-refractivity contribution < 1.29 is 14.6 Å². The number of carbonyl (C=O) groups excluding carboxylic acids is 1. The number of amides is 1. The number of hydrogen-bond acceptors (Lipinski definition) is 4. The zero-order valence-corrected chi connectivity index (χ0v) is 12.4. The Labute approximate surface area is 124 Å². The largest absolute Gasteiger partial charge is 0.395 e. The highest BCUT2D eigenvalue weighted by Crippen LogP contribution is 2.18. The molecule has 1 unspecified atom stereocenters. The van der Waals surface area contributed by atoms with E-state index in [4.69, 9.17) is 9.84 Å². The maximum atomic E-state index is 12.6. The summed E-state index contributed by atoms with van der Waals surface area (Å²) in [7, 11) is 1.59. The van der Waals surface area contributed by atoms with Crippen LogP contribution in [0.3, 0.4) is 0 Å². The molecule has 1 aromatic heterocycles. The first kappa shape index (κ1) is 15.5. The van der Waals surface area contributed by atoms with Crippen LogP contribution in [0.4, 0.5) is 0 Å². The van der Waals surface area contributed by atoms with Gasteiger partial charge >= 0.3 is 0 Å². The number of hydrogen-bond donors (Lipinski definition) is 1. The Kier molecular flexibility index (Phi) is 5.30. The average Bonchev–Trinajstić information content (AvgIpc) is 2.94. The summed E-state index contributed by atoms with van der Waals surface area (Å²) in [5.41, 5.74) is 1.79. The second-order valence-corrected chi connectivity index (χ2v) is 4.86. The summed E-state index contributed by atoms with van der Waals surface area (Å²) in [5.74, 6) is -0.0516. The van der Waals surface area contributed by atoms with Gasteiger partial charge in [0.1, 0.15) is 6.04 Å². The Balaban J connectivity index is 2.20. The number of methoxy groups -OCH3 is 1. The molecule has 1 N–H and O–H groups in total. The predicted octanol–water partition coefficient (Wildman–Crippen LogP) is 1.06. The molecule has 0 saturated carbocycles. The van der Waals surface area contributed by atoms with Gasteiger partial charge in [-0.1, -0.05) is 12.1 Å². The minimum absolute atomic E-state index is 0.0516. The first-order valence-electron chi connectivity index (χ1n) is 6.99. The zero-order valence-electron chi connectivity index (χ0n) is 12.4. The molecule has 114 valence electrons. The minimum Gasteiger partial charge on any atom is -0.395 e. The first-order chi connectivity index (χ1) is 10.2. The van der Waals surface area contributed by atoms with Gasteiger partial charge in [0.25, 0.3) is 0 Å². The van der Waals surface area contributed by atoms with E-state index in [2.05, 4.69) is 4.98 Å². The van der Waals surface area contributed by atoms with Gasteiger partial charge in [-0.3, -0.25) is 4.79 Å². The van der Waals surface area contributed by atoms with Gasteiger partial charge in [0.05, 0.1) is 30.6 Å². The lowest BCUT2D eigenvalue weighted by molar-refractivity contribution is -0.135. The molecule has 0 fully saturated rings. The molecule has 6 heteroatoms. The third-order valence-electron chi connectivity index (χ3n) is 3.50. The van der Waals surface area contributed by atoms with E-state index in [1.54, 1.807) is 18.3 Å². The van der Waals surface area contributed by atoms with Gasteiger partial charge in [-0.2, -0.15) is 0 Å². The van der Waals surface area contributed by atoms with Crippen LogP contribution >= 0.6 is 0 Å². The monoisotopic (exact) mass is 291 g/mol. The molecule has 0 aliphatic rings. The third-order valence-corrected chi connectivity index (χ3v) is 3.50. The number of imidazole rings is 1. The van der Waals surface area contributed by atoms with Gasteiger partial charge in [0.15, 0.2) is 0 Å². The number of para-hydroxylation sites is 2. The van der Waals surface area contributed by atoms with E-state index in [9.17, 15) is 4.79 Å². The maximum absolute atomic E-state index is 12.6. The molecule has 0 saturated heterocycles. The van der Waals surface area contributed by atoms with Crippen molar-refractivity contribution in [1.82, 2.24) is 14.5 Å². The Morgan fingerprint density at radius 3 is 2.90 bits per heavy atom. The number of aliphatic hydroxyl groups excluding tert-OH is 1. The Morgan fingerprint density at radius 1 is 1.43 bits per heavy atom. The number of aromatic nitrogens is 2. The van der Waals surface area contributed by atoms with Gasteiger partial charge in [0, 0.05) is 20.2 Å². The topological polar surface area (TPSA) is 67.6 Å². The van der Waals surface area contributed by atoms with Crippen LogP contribution in [0.5, 0.6) is 0 Å². The lowest BCUT2D eigenvalue weighted by atomic mass is 10.2. The quantitative estimate of drug-likeness (QED) is 0.828. The number of benzene rings is 1. The predicted molar refractivity (Wildman–Crippen MR) is 80.0 cm³/mol. The van der Waals surface area contributed by atoms with E-state index < -0.39 is 0 Å². The van der Waals surface area contributed by atoms with Crippen molar-refractivity contribution in [1.29, 1.82) is 0 Å². The van der Waals surface area contributed by atoms with E-state index in [0.29, 0.717) is 19.7 Å². The number of ether oxygens (including phenoxy) is 1. The van der Waals surface area contributed by atoms with Crippen LogP contribution in [0.25, 0.3) is 11.0 Å². The first-order valence-corrected chi connectivity index (χ1v) is 6.99. The normalized spacial score (nSPS) is 12.5. The molecule has 2 rings (SSSR count). The molecule has 0 aliphatic carbocycles. The van der Waals surface area contributed by atoms with Crippen molar-refractivity contribution >= 4 is 16.9 Å². The van der Waals surface area contributed by atoms with Crippen molar-refractivity contribution in [3.05, 3.63) is 30.6 Å². The highest BCUT2D eigenvalue weighted by Gasteiger charge is 2.22. The smallest absolute Gasteiger partial charge is 0.245 e. The van der Waals surface area contributed by atoms with Crippen molar-refractivity contribution in [3.63, 3.8) is 0 Å². The summed E-state index contributed by atoms with van der Waals surface area (Å²) < 4.78 is 6.87. The molecule has 6 nitrogen and oxygen atoms in total. The van der Waals surface area contributed by atoms with Gasteiger partial charge in [-0.15, -0.1) is 0 Å². The van der Waals surface area contributed by atoms with Crippen LogP contribution in [0.15, 0.2) is 30.6 Å². The number of carbonyl (C=O) groups is 1. The molecule has 1 heterocycles. The zero-order chi connectivity index (χ0) is 15.2. The molecule has 1 atom stereocenters. The molecular weight excluding hydrogens is 270 g/mol. The van der Waals surface area contributed by atoms with Crippen LogP contribution in [0, 0.1) is 0 Å². The van der Waals surface area contributed by atoms with Crippen molar-refractivity contribution in [3.8, 4) is 0 Å². The Bertz CT molecular complexity index is 597. The summed E-state index contributed by atoms with van der Waals surface area (Å²) in [6, 6.07) is 7.33. The van der Waals surface area contributed by atoms with Crippen molar-refractivity contribution in [2.75, 3.05) is 33.4 Å². The van der Waals surface area contributed by atoms with Crippen LogP contribution in [-0.4, -0.2) is 58.9 Å². The van der Waals surface area contributed by atoms with E-state index in [0.717, 1.165) is 11.0 Å². The summed E-state index contributed by atoms with van der Waals surface area (Å²) in [4.78, 5) is 18.5. The van der Waals surface area contributed by atoms with Crippen LogP contribution in [-0.2, 0) is 9.53 Å². The van der Waals surface area contributed by atoms with Crippen LogP contribution in [0.2, 0.25) is 0 Å². The fraction of sp³-hybridized carbons (Fsp3) is 0.467. The highest BCUT2D eigenvalue weighted by molar-refractivity contribution is 5.83. The lowest BCUT2D eigenvalue weighted by Gasteiger charge is -2.25. The number of fused-ring (bicyclic) bond motifs is 1.